The lowest BCUT2D eigenvalue weighted by Gasteiger charge is -2.08. The lowest BCUT2D eigenvalue weighted by molar-refractivity contribution is -0.115. The van der Waals surface area contributed by atoms with Crippen LogP contribution >= 0.6 is 0 Å². The van der Waals surface area contributed by atoms with E-state index in [-0.39, 0.29) is 43.0 Å². The van der Waals surface area contributed by atoms with Gasteiger partial charge in [0.2, 0.25) is 5.91 Å². The first-order chi connectivity index (χ1) is 15.6. The molecular weight excluding hydrogens is 408 g/mol. The van der Waals surface area contributed by atoms with E-state index in [1.165, 1.54) is 6.26 Å². The minimum Gasteiger partial charge on any atom is -0.459 e. The summed E-state index contributed by atoms with van der Waals surface area (Å²) in [6.07, 6.45) is 3.51. The Kier molecular flexibility index (Phi) is 6.31. The van der Waals surface area contributed by atoms with Gasteiger partial charge in [0, 0.05) is 41.4 Å². The van der Waals surface area contributed by atoms with Gasteiger partial charge in [0.1, 0.15) is 0 Å². The number of para-hydroxylation sites is 1. The van der Waals surface area contributed by atoms with Crippen LogP contribution in [0.25, 0.3) is 10.9 Å². The minimum atomic E-state index is -0.336. The number of rotatable bonds is 8. The van der Waals surface area contributed by atoms with Crippen LogP contribution in [0, 0.1) is 0 Å². The number of furan rings is 1. The van der Waals surface area contributed by atoms with E-state index in [0.29, 0.717) is 11.3 Å². The second-order valence-corrected chi connectivity index (χ2v) is 7.15. The van der Waals surface area contributed by atoms with Crippen molar-refractivity contribution in [3.8, 4) is 0 Å². The van der Waals surface area contributed by atoms with Crippen LogP contribution in [-0.2, 0) is 11.2 Å². The fraction of sp³-hybridized carbons (Fsp3) is 0.125. The van der Waals surface area contributed by atoms with Crippen LogP contribution in [0.2, 0.25) is 0 Å². The van der Waals surface area contributed by atoms with Crippen molar-refractivity contribution in [2.75, 3.05) is 18.4 Å². The number of nitrogens with one attached hydrogen (secondary N) is 4. The van der Waals surface area contributed by atoms with Crippen molar-refractivity contribution in [3.05, 3.63) is 90.0 Å². The van der Waals surface area contributed by atoms with Crippen LogP contribution in [0.15, 0.2) is 77.5 Å². The second-order valence-electron chi connectivity index (χ2n) is 7.15. The molecule has 4 aromatic rings. The third kappa shape index (κ3) is 5.04. The first-order valence-electron chi connectivity index (χ1n) is 10.1. The molecule has 2 heterocycles. The Labute approximate surface area is 184 Å². The minimum absolute atomic E-state index is 0.140. The van der Waals surface area contributed by atoms with Crippen LogP contribution < -0.4 is 16.0 Å². The number of anilines is 1. The van der Waals surface area contributed by atoms with Crippen molar-refractivity contribution in [2.45, 2.75) is 6.42 Å². The number of carbonyl (C=O) groups excluding carboxylic acids is 3. The highest BCUT2D eigenvalue weighted by Crippen LogP contribution is 2.19. The van der Waals surface area contributed by atoms with Gasteiger partial charge >= 0.3 is 0 Å². The molecule has 0 spiro atoms. The lowest BCUT2D eigenvalue weighted by atomic mass is 10.1. The normalized spacial score (nSPS) is 10.6. The molecule has 3 amide bonds. The first kappa shape index (κ1) is 20.9. The van der Waals surface area contributed by atoms with Gasteiger partial charge in [-0.1, -0.05) is 18.2 Å². The molecule has 0 bridgehead atoms. The van der Waals surface area contributed by atoms with Crippen LogP contribution in [0.3, 0.4) is 0 Å². The lowest BCUT2D eigenvalue weighted by Crippen LogP contribution is -2.34. The van der Waals surface area contributed by atoms with Crippen LogP contribution in [0.4, 0.5) is 5.69 Å². The molecule has 0 atom stereocenters. The number of H-pyrrole nitrogens is 1. The molecule has 8 heteroatoms. The van der Waals surface area contributed by atoms with Gasteiger partial charge in [0.05, 0.1) is 12.7 Å². The Morgan fingerprint density at radius 1 is 0.844 bits per heavy atom. The molecule has 0 saturated carbocycles. The summed E-state index contributed by atoms with van der Waals surface area (Å²) in [6, 6.07) is 17.7. The van der Waals surface area contributed by atoms with Crippen molar-refractivity contribution < 1.29 is 18.8 Å². The van der Waals surface area contributed by atoms with E-state index in [1.807, 2.05) is 30.5 Å². The molecular formula is C24H22N4O4. The van der Waals surface area contributed by atoms with Gasteiger partial charge in [-0.05, 0) is 48.0 Å². The SMILES string of the molecule is O=C(Cc1c[nH]c2ccccc12)Nc1ccc(C(=O)NCCNC(=O)c2ccco2)cc1. The summed E-state index contributed by atoms with van der Waals surface area (Å²) in [5, 5.41) is 9.26. The van der Waals surface area contributed by atoms with E-state index in [2.05, 4.69) is 20.9 Å². The number of benzene rings is 2. The monoisotopic (exact) mass is 430 g/mol. The van der Waals surface area contributed by atoms with Crippen molar-refractivity contribution in [1.82, 2.24) is 15.6 Å². The molecule has 162 valence electrons. The number of amides is 3. The topological polar surface area (TPSA) is 116 Å². The summed E-state index contributed by atoms with van der Waals surface area (Å²) < 4.78 is 5.00. The molecule has 4 N–H and O–H groups in total. The quantitative estimate of drug-likeness (QED) is 0.321. The van der Waals surface area contributed by atoms with E-state index in [4.69, 9.17) is 4.42 Å². The molecule has 0 unspecified atom stereocenters. The van der Waals surface area contributed by atoms with Gasteiger partial charge < -0.3 is 25.4 Å². The van der Waals surface area contributed by atoms with E-state index < -0.39 is 0 Å². The molecule has 0 saturated heterocycles. The number of aromatic nitrogens is 1. The zero-order chi connectivity index (χ0) is 22.3. The van der Waals surface area contributed by atoms with Gasteiger partial charge in [-0.25, -0.2) is 0 Å². The number of hydrogen-bond donors (Lipinski definition) is 4. The summed E-state index contributed by atoms with van der Waals surface area (Å²) in [5.41, 5.74) is 2.98. The summed E-state index contributed by atoms with van der Waals surface area (Å²) in [4.78, 5) is 39.6. The number of hydrogen-bond acceptors (Lipinski definition) is 4. The molecule has 8 nitrogen and oxygen atoms in total. The van der Waals surface area contributed by atoms with E-state index >= 15 is 0 Å². The molecule has 0 fully saturated rings. The Morgan fingerprint density at radius 3 is 2.34 bits per heavy atom. The summed E-state index contributed by atoms with van der Waals surface area (Å²) >= 11 is 0. The van der Waals surface area contributed by atoms with Crippen LogP contribution in [0.5, 0.6) is 0 Å². The van der Waals surface area contributed by atoms with E-state index in [1.54, 1.807) is 36.4 Å². The summed E-state index contributed by atoms with van der Waals surface area (Å²) in [7, 11) is 0. The fourth-order valence-corrected chi connectivity index (χ4v) is 3.31. The van der Waals surface area contributed by atoms with Crippen molar-refractivity contribution in [2.24, 2.45) is 0 Å². The predicted octanol–water partition coefficient (Wildman–Crippen LogP) is 3.10. The number of aromatic amines is 1. The maximum atomic E-state index is 12.4. The maximum Gasteiger partial charge on any atom is 0.287 e. The van der Waals surface area contributed by atoms with Crippen LogP contribution in [0.1, 0.15) is 26.5 Å². The highest BCUT2D eigenvalue weighted by atomic mass is 16.3. The van der Waals surface area contributed by atoms with Crippen LogP contribution in [-0.4, -0.2) is 35.8 Å². The average molecular weight is 430 g/mol. The van der Waals surface area contributed by atoms with Gasteiger partial charge in [-0.2, -0.15) is 0 Å². The van der Waals surface area contributed by atoms with E-state index in [9.17, 15) is 14.4 Å². The first-order valence-corrected chi connectivity index (χ1v) is 10.1. The summed E-state index contributed by atoms with van der Waals surface area (Å²) in [5.74, 6) is -0.524. The number of fused-ring (bicyclic) bond motifs is 1. The highest BCUT2D eigenvalue weighted by molar-refractivity contribution is 5.97. The third-order valence-electron chi connectivity index (χ3n) is 4.90. The molecule has 2 aromatic carbocycles. The smallest absolute Gasteiger partial charge is 0.287 e. The van der Waals surface area contributed by atoms with Gasteiger partial charge in [-0.3, -0.25) is 14.4 Å². The third-order valence-corrected chi connectivity index (χ3v) is 4.90. The maximum absolute atomic E-state index is 12.4. The van der Waals surface area contributed by atoms with Gasteiger partial charge in [0.25, 0.3) is 11.8 Å². The Morgan fingerprint density at radius 2 is 1.59 bits per heavy atom. The predicted molar refractivity (Wildman–Crippen MR) is 120 cm³/mol. The van der Waals surface area contributed by atoms with E-state index in [0.717, 1.165) is 16.5 Å². The molecule has 4 rings (SSSR count). The Balaban J connectivity index is 1.23. The Bertz CT molecular complexity index is 1230. The molecule has 0 aliphatic heterocycles. The van der Waals surface area contributed by atoms with Crippen molar-refractivity contribution in [3.63, 3.8) is 0 Å². The molecule has 2 aromatic heterocycles. The largest absolute Gasteiger partial charge is 0.459 e. The highest BCUT2D eigenvalue weighted by Gasteiger charge is 2.11. The zero-order valence-corrected chi connectivity index (χ0v) is 17.2. The summed E-state index contributed by atoms with van der Waals surface area (Å²) in [6.45, 7) is 0.543. The van der Waals surface area contributed by atoms with Crippen molar-refractivity contribution in [1.29, 1.82) is 0 Å². The van der Waals surface area contributed by atoms with Crippen molar-refractivity contribution >= 4 is 34.3 Å². The van der Waals surface area contributed by atoms with Gasteiger partial charge in [0.15, 0.2) is 5.76 Å². The zero-order valence-electron chi connectivity index (χ0n) is 17.2. The molecule has 0 aliphatic rings. The Hall–Kier alpha value is -4.33. The van der Waals surface area contributed by atoms with Gasteiger partial charge in [-0.15, -0.1) is 0 Å². The molecule has 0 radical (unpaired) electrons. The average Bonchev–Trinajstić information content (AvgIpc) is 3.48. The fourth-order valence-electron chi connectivity index (χ4n) is 3.31. The second kappa shape index (κ2) is 9.65. The standard InChI is InChI=1S/C24H22N4O4/c29-22(14-17-15-27-20-5-2-1-4-19(17)20)28-18-9-7-16(8-10-18)23(30)25-11-12-26-24(31)21-6-3-13-32-21/h1-10,13,15,27H,11-12,14H2,(H,25,30)(H,26,31)(H,28,29). The molecule has 32 heavy (non-hydrogen) atoms. The molecule has 0 aliphatic carbocycles. The number of carbonyl (C=O) groups is 3.